The maximum absolute atomic E-state index is 11.5. The predicted molar refractivity (Wildman–Crippen MR) is 57.6 cm³/mol. The van der Waals surface area contributed by atoms with Crippen LogP contribution in [0.4, 0.5) is 0 Å². The van der Waals surface area contributed by atoms with Crippen LogP contribution in [0.1, 0.15) is 27.2 Å². The van der Waals surface area contributed by atoms with Crippen molar-refractivity contribution in [3.8, 4) is 0 Å². The average molecular weight is 216 g/mol. The highest BCUT2D eigenvalue weighted by atomic mass is 16.4. The summed E-state index contributed by atoms with van der Waals surface area (Å²) in [5, 5.41) is 14.2. The highest BCUT2D eigenvalue weighted by Gasteiger charge is 2.15. The second-order valence-electron chi connectivity index (χ2n) is 3.72. The molecular formula is C10H20N2O3. The standard InChI is InChI=1S/C10H20N2O3/c1-4-11-6-7(2)10(15)12-8(3)5-9(13)14/h7-8,11H,4-6H2,1-3H3,(H,12,15)(H,13,14). The molecule has 5 heteroatoms. The molecule has 15 heavy (non-hydrogen) atoms. The zero-order valence-corrected chi connectivity index (χ0v) is 9.54. The largest absolute Gasteiger partial charge is 0.481 e. The Morgan fingerprint density at radius 3 is 2.40 bits per heavy atom. The molecule has 1 amide bonds. The van der Waals surface area contributed by atoms with Crippen LogP contribution in [-0.2, 0) is 9.59 Å². The van der Waals surface area contributed by atoms with E-state index in [0.29, 0.717) is 6.54 Å². The van der Waals surface area contributed by atoms with Gasteiger partial charge in [-0.2, -0.15) is 0 Å². The zero-order valence-electron chi connectivity index (χ0n) is 9.54. The van der Waals surface area contributed by atoms with E-state index in [1.165, 1.54) is 0 Å². The van der Waals surface area contributed by atoms with Gasteiger partial charge in [-0.3, -0.25) is 9.59 Å². The first kappa shape index (κ1) is 13.9. The number of rotatable bonds is 7. The number of carbonyl (C=O) groups excluding carboxylic acids is 1. The number of hydrogen-bond donors (Lipinski definition) is 3. The van der Waals surface area contributed by atoms with Crippen molar-refractivity contribution < 1.29 is 14.7 Å². The lowest BCUT2D eigenvalue weighted by Gasteiger charge is -2.16. The van der Waals surface area contributed by atoms with Gasteiger partial charge in [0.05, 0.1) is 6.42 Å². The maximum atomic E-state index is 11.5. The maximum Gasteiger partial charge on any atom is 0.305 e. The Morgan fingerprint density at radius 1 is 1.33 bits per heavy atom. The molecule has 0 aromatic carbocycles. The molecule has 0 saturated heterocycles. The smallest absolute Gasteiger partial charge is 0.305 e. The molecule has 0 radical (unpaired) electrons. The fourth-order valence-corrected chi connectivity index (χ4v) is 1.15. The van der Waals surface area contributed by atoms with Gasteiger partial charge >= 0.3 is 5.97 Å². The fourth-order valence-electron chi connectivity index (χ4n) is 1.15. The number of aliphatic carboxylic acids is 1. The lowest BCUT2D eigenvalue weighted by molar-refractivity contribution is -0.137. The summed E-state index contributed by atoms with van der Waals surface area (Å²) in [5.74, 6) is -1.15. The van der Waals surface area contributed by atoms with Crippen molar-refractivity contribution in [2.45, 2.75) is 33.2 Å². The molecule has 88 valence electrons. The number of amides is 1. The van der Waals surface area contributed by atoms with Crippen LogP contribution in [0.5, 0.6) is 0 Å². The van der Waals surface area contributed by atoms with Gasteiger partial charge in [-0.05, 0) is 13.5 Å². The topological polar surface area (TPSA) is 78.4 Å². The summed E-state index contributed by atoms with van der Waals surface area (Å²) in [7, 11) is 0. The second-order valence-corrected chi connectivity index (χ2v) is 3.72. The van der Waals surface area contributed by atoms with Gasteiger partial charge in [0.25, 0.3) is 0 Å². The van der Waals surface area contributed by atoms with Crippen LogP contribution in [0.3, 0.4) is 0 Å². The molecule has 0 rings (SSSR count). The van der Waals surface area contributed by atoms with Crippen molar-refractivity contribution in [1.29, 1.82) is 0 Å². The van der Waals surface area contributed by atoms with Crippen LogP contribution in [0.2, 0.25) is 0 Å². The summed E-state index contributed by atoms with van der Waals surface area (Å²) >= 11 is 0. The Kier molecular flexibility index (Phi) is 6.70. The Hall–Kier alpha value is -1.10. The monoisotopic (exact) mass is 216 g/mol. The first-order chi connectivity index (χ1) is 6.97. The molecule has 0 aliphatic heterocycles. The molecule has 3 N–H and O–H groups in total. The Morgan fingerprint density at radius 2 is 1.93 bits per heavy atom. The minimum Gasteiger partial charge on any atom is -0.481 e. The van der Waals surface area contributed by atoms with Gasteiger partial charge in [0.15, 0.2) is 0 Å². The number of hydrogen-bond acceptors (Lipinski definition) is 3. The van der Waals surface area contributed by atoms with Crippen LogP contribution in [0.25, 0.3) is 0 Å². The number of nitrogens with one attached hydrogen (secondary N) is 2. The van der Waals surface area contributed by atoms with Crippen LogP contribution in [-0.4, -0.2) is 36.1 Å². The minimum absolute atomic E-state index is 0.0420. The van der Waals surface area contributed by atoms with Gasteiger partial charge in [-0.25, -0.2) is 0 Å². The molecule has 5 nitrogen and oxygen atoms in total. The quantitative estimate of drug-likeness (QED) is 0.568. The van der Waals surface area contributed by atoms with Crippen molar-refractivity contribution in [2.24, 2.45) is 5.92 Å². The number of carboxylic acids is 1. The van der Waals surface area contributed by atoms with E-state index in [9.17, 15) is 9.59 Å². The molecule has 2 atom stereocenters. The van der Waals surface area contributed by atoms with E-state index in [0.717, 1.165) is 6.54 Å². The van der Waals surface area contributed by atoms with E-state index in [2.05, 4.69) is 10.6 Å². The predicted octanol–water partition coefficient (Wildman–Crippen LogP) is 0.211. The SMILES string of the molecule is CCNCC(C)C(=O)NC(C)CC(=O)O. The lowest BCUT2D eigenvalue weighted by Crippen LogP contribution is -2.40. The van der Waals surface area contributed by atoms with Crippen LogP contribution in [0, 0.1) is 5.92 Å². The molecule has 2 unspecified atom stereocenters. The van der Waals surface area contributed by atoms with E-state index in [-0.39, 0.29) is 24.3 Å². The lowest BCUT2D eigenvalue weighted by atomic mass is 10.1. The van der Waals surface area contributed by atoms with Crippen molar-refractivity contribution in [3.05, 3.63) is 0 Å². The van der Waals surface area contributed by atoms with Crippen molar-refractivity contribution >= 4 is 11.9 Å². The number of carbonyl (C=O) groups is 2. The fraction of sp³-hybridized carbons (Fsp3) is 0.800. The molecule has 0 fully saturated rings. The van der Waals surface area contributed by atoms with Gasteiger partial charge in [-0.15, -0.1) is 0 Å². The summed E-state index contributed by atoms with van der Waals surface area (Å²) in [4.78, 5) is 21.9. The van der Waals surface area contributed by atoms with Crippen LogP contribution >= 0.6 is 0 Å². The molecule has 0 saturated carbocycles. The molecule has 0 aromatic rings. The molecule has 0 aromatic heterocycles. The Bertz CT molecular complexity index is 219. The van der Waals surface area contributed by atoms with Crippen molar-refractivity contribution in [2.75, 3.05) is 13.1 Å². The third-order valence-electron chi connectivity index (χ3n) is 2.02. The highest BCUT2D eigenvalue weighted by molar-refractivity contribution is 5.79. The molecular weight excluding hydrogens is 196 g/mol. The van der Waals surface area contributed by atoms with Gasteiger partial charge < -0.3 is 15.7 Å². The summed E-state index contributed by atoms with van der Waals surface area (Å²) in [6, 6.07) is -0.320. The van der Waals surface area contributed by atoms with Crippen molar-refractivity contribution in [3.63, 3.8) is 0 Å². The van der Waals surface area contributed by atoms with E-state index >= 15 is 0 Å². The molecule has 0 aliphatic carbocycles. The van der Waals surface area contributed by atoms with E-state index in [1.807, 2.05) is 13.8 Å². The van der Waals surface area contributed by atoms with E-state index in [1.54, 1.807) is 6.92 Å². The third-order valence-corrected chi connectivity index (χ3v) is 2.02. The summed E-state index contributed by atoms with van der Waals surface area (Å²) in [5.41, 5.74) is 0. The second kappa shape index (κ2) is 7.23. The summed E-state index contributed by atoms with van der Waals surface area (Å²) in [6.45, 7) is 6.90. The van der Waals surface area contributed by atoms with Gasteiger partial charge in [-0.1, -0.05) is 13.8 Å². The average Bonchev–Trinajstić information content (AvgIpc) is 2.12. The normalized spacial score (nSPS) is 14.3. The zero-order chi connectivity index (χ0) is 11.8. The summed E-state index contributed by atoms with van der Waals surface area (Å²) in [6.07, 6.45) is -0.0420. The first-order valence-corrected chi connectivity index (χ1v) is 5.20. The minimum atomic E-state index is -0.901. The van der Waals surface area contributed by atoms with Gasteiger partial charge in [0, 0.05) is 18.5 Å². The van der Waals surface area contributed by atoms with Gasteiger partial charge in [0.1, 0.15) is 0 Å². The third kappa shape index (κ3) is 6.90. The van der Waals surface area contributed by atoms with Gasteiger partial charge in [0.2, 0.25) is 5.91 Å². The highest BCUT2D eigenvalue weighted by Crippen LogP contribution is 1.96. The molecule has 0 heterocycles. The summed E-state index contributed by atoms with van der Waals surface area (Å²) < 4.78 is 0. The van der Waals surface area contributed by atoms with Crippen LogP contribution < -0.4 is 10.6 Å². The van der Waals surface area contributed by atoms with Crippen LogP contribution in [0.15, 0.2) is 0 Å². The first-order valence-electron chi connectivity index (χ1n) is 5.20. The Balaban J connectivity index is 3.85. The number of carboxylic acid groups (broad SMARTS) is 1. The molecule has 0 aliphatic rings. The molecule has 0 bridgehead atoms. The van der Waals surface area contributed by atoms with E-state index < -0.39 is 5.97 Å². The Labute approximate surface area is 90.2 Å². The van der Waals surface area contributed by atoms with E-state index in [4.69, 9.17) is 5.11 Å². The molecule has 0 spiro atoms. The van der Waals surface area contributed by atoms with Crippen molar-refractivity contribution in [1.82, 2.24) is 10.6 Å².